The second kappa shape index (κ2) is 6.66. The molecular weight excluding hydrogens is 296 g/mol. The first-order chi connectivity index (χ1) is 10.8. The molecule has 2 aromatic carbocycles. The van der Waals surface area contributed by atoms with Gasteiger partial charge in [-0.2, -0.15) is 5.10 Å². The van der Waals surface area contributed by atoms with Crippen LogP contribution in [0.2, 0.25) is 0 Å². The first kappa shape index (κ1) is 14.7. The van der Waals surface area contributed by atoms with Gasteiger partial charge in [-0.05, 0) is 12.1 Å². The van der Waals surface area contributed by atoms with Crippen molar-refractivity contribution in [2.45, 2.75) is 11.8 Å². The number of esters is 1. The summed E-state index contributed by atoms with van der Waals surface area (Å²) in [6, 6.07) is 19.9. The lowest BCUT2D eigenvalue weighted by atomic mass is 10.2. The zero-order chi connectivity index (χ0) is 15.4. The fourth-order valence-corrected chi connectivity index (χ4v) is 3.38. The maximum atomic E-state index is 11.7. The molecule has 0 amide bonds. The Morgan fingerprint density at radius 1 is 1.14 bits per heavy atom. The minimum atomic E-state index is -0.233. The van der Waals surface area contributed by atoms with Crippen molar-refractivity contribution in [3.63, 3.8) is 0 Å². The highest BCUT2D eigenvalue weighted by Crippen LogP contribution is 2.35. The van der Waals surface area contributed by atoms with Crippen LogP contribution in [-0.4, -0.2) is 23.5 Å². The molecule has 1 aliphatic rings. The number of anilines is 1. The Morgan fingerprint density at radius 2 is 1.77 bits per heavy atom. The normalized spacial score (nSPS) is 17.2. The van der Waals surface area contributed by atoms with Crippen molar-refractivity contribution in [1.82, 2.24) is 0 Å². The van der Waals surface area contributed by atoms with E-state index in [1.165, 1.54) is 7.11 Å². The van der Waals surface area contributed by atoms with Gasteiger partial charge < -0.3 is 4.74 Å². The third-order valence-corrected chi connectivity index (χ3v) is 4.51. The number of benzene rings is 2. The topological polar surface area (TPSA) is 41.9 Å². The van der Waals surface area contributed by atoms with E-state index in [1.54, 1.807) is 11.8 Å². The lowest BCUT2D eigenvalue weighted by Crippen LogP contribution is -2.26. The van der Waals surface area contributed by atoms with Gasteiger partial charge in [0.25, 0.3) is 0 Å². The number of carbonyl (C=O) groups is 1. The molecule has 0 N–H and O–H groups in total. The Morgan fingerprint density at radius 3 is 2.41 bits per heavy atom. The number of hydrazone groups is 1. The summed E-state index contributed by atoms with van der Waals surface area (Å²) in [6.45, 7) is 0. The van der Waals surface area contributed by atoms with Crippen molar-refractivity contribution >= 4 is 28.5 Å². The molecule has 3 rings (SSSR count). The van der Waals surface area contributed by atoms with Crippen LogP contribution >= 0.6 is 11.8 Å². The zero-order valence-corrected chi connectivity index (χ0v) is 13.0. The van der Waals surface area contributed by atoms with Crippen LogP contribution in [0.4, 0.5) is 5.69 Å². The van der Waals surface area contributed by atoms with Crippen LogP contribution in [0.15, 0.2) is 65.8 Å². The summed E-state index contributed by atoms with van der Waals surface area (Å²) in [5, 5.41) is 7.42. The first-order valence-electron chi connectivity index (χ1n) is 6.99. The summed E-state index contributed by atoms with van der Waals surface area (Å²) in [4.78, 5) is 11.7. The van der Waals surface area contributed by atoms with E-state index in [0.29, 0.717) is 0 Å². The van der Waals surface area contributed by atoms with Crippen LogP contribution < -0.4 is 5.01 Å². The van der Waals surface area contributed by atoms with E-state index < -0.39 is 0 Å². The predicted octanol–water partition coefficient (Wildman–Crippen LogP) is 3.49. The van der Waals surface area contributed by atoms with E-state index >= 15 is 0 Å². The summed E-state index contributed by atoms with van der Waals surface area (Å²) < 4.78 is 4.81. The SMILES string of the molecule is COC(=O)CC1SC(c2ccccc2)=NN1c1ccccc1. The molecule has 0 fully saturated rings. The molecular formula is C17H16N2O2S. The van der Waals surface area contributed by atoms with Crippen LogP contribution in [0.5, 0.6) is 0 Å². The highest BCUT2D eigenvalue weighted by atomic mass is 32.2. The second-order valence-electron chi connectivity index (χ2n) is 4.80. The lowest BCUT2D eigenvalue weighted by Gasteiger charge is -2.21. The average molecular weight is 312 g/mol. The number of rotatable bonds is 4. The molecule has 0 radical (unpaired) electrons. The van der Waals surface area contributed by atoms with Crippen LogP contribution in [-0.2, 0) is 9.53 Å². The third kappa shape index (κ3) is 3.14. The fraction of sp³-hybridized carbons (Fsp3) is 0.176. The molecule has 22 heavy (non-hydrogen) atoms. The van der Waals surface area contributed by atoms with Crippen LogP contribution in [0.1, 0.15) is 12.0 Å². The van der Waals surface area contributed by atoms with Crippen molar-refractivity contribution < 1.29 is 9.53 Å². The smallest absolute Gasteiger partial charge is 0.308 e. The van der Waals surface area contributed by atoms with Crippen LogP contribution in [0.3, 0.4) is 0 Å². The number of methoxy groups -OCH3 is 1. The summed E-state index contributed by atoms with van der Waals surface area (Å²) in [5.74, 6) is -0.233. The Kier molecular flexibility index (Phi) is 4.44. The Labute approximate surface area is 133 Å². The van der Waals surface area contributed by atoms with Crippen molar-refractivity contribution in [1.29, 1.82) is 0 Å². The summed E-state index contributed by atoms with van der Waals surface area (Å²) in [7, 11) is 1.41. The highest BCUT2D eigenvalue weighted by molar-refractivity contribution is 8.15. The average Bonchev–Trinajstić information content (AvgIpc) is 3.00. The van der Waals surface area contributed by atoms with E-state index in [1.807, 2.05) is 65.7 Å². The number of hydrogen-bond donors (Lipinski definition) is 0. The number of thioether (sulfide) groups is 1. The molecule has 0 spiro atoms. The standard InChI is InChI=1S/C17H16N2O2S/c1-21-16(20)12-15-19(14-10-6-3-7-11-14)18-17(22-15)13-8-4-2-5-9-13/h2-11,15H,12H2,1H3. The molecule has 0 aliphatic carbocycles. The minimum absolute atomic E-state index is 0.0925. The van der Waals surface area contributed by atoms with Crippen LogP contribution in [0.25, 0.3) is 0 Å². The van der Waals surface area contributed by atoms with Gasteiger partial charge >= 0.3 is 5.97 Å². The van der Waals surface area contributed by atoms with Gasteiger partial charge in [0, 0.05) is 5.56 Å². The van der Waals surface area contributed by atoms with Crippen molar-refractivity contribution in [3.8, 4) is 0 Å². The van der Waals surface area contributed by atoms with Gasteiger partial charge in [0.1, 0.15) is 10.4 Å². The maximum absolute atomic E-state index is 11.7. The van der Waals surface area contributed by atoms with E-state index in [9.17, 15) is 4.79 Å². The van der Waals surface area contributed by atoms with Gasteiger partial charge in [0.05, 0.1) is 19.2 Å². The van der Waals surface area contributed by atoms with Gasteiger partial charge in [-0.15, -0.1) is 0 Å². The Balaban J connectivity index is 1.90. The maximum Gasteiger partial charge on any atom is 0.308 e. The molecule has 0 bridgehead atoms. The largest absolute Gasteiger partial charge is 0.469 e. The molecule has 5 heteroatoms. The summed E-state index contributed by atoms with van der Waals surface area (Å²) in [5.41, 5.74) is 2.02. The fourth-order valence-electron chi connectivity index (χ4n) is 2.23. The highest BCUT2D eigenvalue weighted by Gasteiger charge is 2.31. The predicted molar refractivity (Wildman–Crippen MR) is 89.9 cm³/mol. The van der Waals surface area contributed by atoms with Crippen molar-refractivity contribution in [3.05, 3.63) is 66.2 Å². The molecule has 112 valence electrons. The monoisotopic (exact) mass is 312 g/mol. The van der Waals surface area contributed by atoms with Gasteiger partial charge in [0.15, 0.2) is 0 Å². The second-order valence-corrected chi connectivity index (χ2v) is 5.97. The van der Waals surface area contributed by atoms with E-state index in [2.05, 4.69) is 0 Å². The quantitative estimate of drug-likeness (QED) is 0.811. The lowest BCUT2D eigenvalue weighted by molar-refractivity contribution is -0.140. The van der Waals surface area contributed by atoms with Crippen molar-refractivity contribution in [2.24, 2.45) is 5.10 Å². The van der Waals surface area contributed by atoms with Gasteiger partial charge in [-0.1, -0.05) is 60.3 Å². The Hall–Kier alpha value is -2.27. The van der Waals surface area contributed by atoms with E-state index in [0.717, 1.165) is 16.3 Å². The van der Waals surface area contributed by atoms with E-state index in [4.69, 9.17) is 9.84 Å². The molecule has 0 saturated carbocycles. The first-order valence-corrected chi connectivity index (χ1v) is 7.87. The Bertz CT molecular complexity index is 674. The number of carbonyl (C=O) groups excluding carboxylic acids is 1. The number of ether oxygens (including phenoxy) is 1. The van der Waals surface area contributed by atoms with Crippen LogP contribution in [0, 0.1) is 0 Å². The van der Waals surface area contributed by atoms with Gasteiger partial charge in [-0.25, -0.2) is 0 Å². The molecule has 0 saturated heterocycles. The third-order valence-electron chi connectivity index (χ3n) is 3.33. The zero-order valence-electron chi connectivity index (χ0n) is 12.2. The molecule has 1 aliphatic heterocycles. The minimum Gasteiger partial charge on any atom is -0.469 e. The molecule has 2 aromatic rings. The number of para-hydroxylation sites is 1. The summed E-state index contributed by atoms with van der Waals surface area (Å²) >= 11 is 1.59. The number of hydrogen-bond acceptors (Lipinski definition) is 5. The van der Waals surface area contributed by atoms with Gasteiger partial charge in [-0.3, -0.25) is 9.80 Å². The number of nitrogens with zero attached hydrogens (tertiary/aromatic N) is 2. The van der Waals surface area contributed by atoms with Crippen molar-refractivity contribution in [2.75, 3.05) is 12.1 Å². The van der Waals surface area contributed by atoms with Gasteiger partial charge in [0.2, 0.25) is 0 Å². The molecule has 0 aromatic heterocycles. The molecule has 1 atom stereocenters. The van der Waals surface area contributed by atoms with E-state index in [-0.39, 0.29) is 17.8 Å². The molecule has 1 unspecified atom stereocenters. The molecule has 1 heterocycles. The molecule has 4 nitrogen and oxygen atoms in total. The summed E-state index contributed by atoms with van der Waals surface area (Å²) in [6.07, 6.45) is 0.288.